The van der Waals surface area contributed by atoms with Gasteiger partial charge in [0.05, 0.1) is 63.2 Å². The largest absolute Gasteiger partial charge is 0.453 e. The highest BCUT2D eigenvalue weighted by atomic mass is 19.1. The van der Waals surface area contributed by atoms with Crippen LogP contribution < -0.4 is 16.0 Å². The number of pyridine rings is 1. The van der Waals surface area contributed by atoms with Crippen molar-refractivity contribution in [3.8, 4) is 17.5 Å². The Bertz CT molecular complexity index is 1480. The summed E-state index contributed by atoms with van der Waals surface area (Å²) in [6.45, 7) is 2.45. The quantitative estimate of drug-likeness (QED) is 0.332. The van der Waals surface area contributed by atoms with Crippen LogP contribution in [0.5, 0.6) is 0 Å². The van der Waals surface area contributed by atoms with Crippen LogP contribution >= 0.6 is 0 Å². The molecule has 2 amide bonds. The summed E-state index contributed by atoms with van der Waals surface area (Å²) in [7, 11) is -2.82. The molecule has 4 N–H and O–H groups in total. The molecule has 0 saturated heterocycles. The van der Waals surface area contributed by atoms with Crippen LogP contribution in [0.25, 0.3) is 16.9 Å². The Balaban J connectivity index is 1.51. The molecule has 0 bridgehead atoms. The van der Waals surface area contributed by atoms with Crippen LogP contribution in [0.1, 0.15) is 46.7 Å². The van der Waals surface area contributed by atoms with Crippen molar-refractivity contribution < 1.29 is 27.9 Å². The molecule has 1 atom stereocenters. The van der Waals surface area contributed by atoms with E-state index in [2.05, 4.69) is 30.8 Å². The number of carbonyl (C=O) groups is 2. The lowest BCUT2D eigenvalue weighted by atomic mass is 9.80. The first-order valence-corrected chi connectivity index (χ1v) is 12.0. The van der Waals surface area contributed by atoms with Crippen LogP contribution in [0.4, 0.5) is 14.9 Å². The van der Waals surface area contributed by atoms with Gasteiger partial charge in [-0.1, -0.05) is 0 Å². The second-order valence-corrected chi connectivity index (χ2v) is 9.81. The number of aliphatic hydroxyl groups is 1. The summed E-state index contributed by atoms with van der Waals surface area (Å²) in [5, 5.41) is 31.6. The number of alkyl carbamates (subject to hydrolysis) is 1. The van der Waals surface area contributed by atoms with Crippen LogP contribution in [-0.4, -0.2) is 69.6 Å². The first-order chi connectivity index (χ1) is 19.2. The van der Waals surface area contributed by atoms with Crippen molar-refractivity contribution in [3.63, 3.8) is 0 Å². The van der Waals surface area contributed by atoms with E-state index in [1.54, 1.807) is 28.8 Å². The van der Waals surface area contributed by atoms with Crippen molar-refractivity contribution in [1.82, 2.24) is 25.2 Å². The van der Waals surface area contributed by atoms with Crippen molar-refractivity contribution in [3.05, 3.63) is 47.8 Å². The molecule has 3 heterocycles. The molecule has 12 heteroatoms. The average molecular weight is 527 g/mol. The Morgan fingerprint density at radius 2 is 2.13 bits per heavy atom. The number of methoxy groups -OCH3 is 1. The first-order valence-electron chi connectivity index (χ1n) is 13.5. The van der Waals surface area contributed by atoms with E-state index >= 15 is 0 Å². The maximum atomic E-state index is 14.3. The van der Waals surface area contributed by atoms with Gasteiger partial charge in [0.25, 0.3) is 5.91 Å². The van der Waals surface area contributed by atoms with Crippen molar-refractivity contribution in [2.24, 2.45) is 5.92 Å². The Morgan fingerprint density at radius 1 is 1.34 bits per heavy atom. The Morgan fingerprint density at radius 3 is 2.84 bits per heavy atom. The van der Waals surface area contributed by atoms with Gasteiger partial charge >= 0.3 is 6.09 Å². The summed E-state index contributed by atoms with van der Waals surface area (Å²) >= 11 is 0. The fourth-order valence-corrected chi connectivity index (χ4v) is 4.18. The third-order valence-electron chi connectivity index (χ3n) is 6.47. The van der Waals surface area contributed by atoms with Crippen LogP contribution in [0, 0.1) is 17.2 Å². The number of aromatic nitrogens is 3. The number of hydrogen-bond donors (Lipinski definition) is 4. The Labute approximate surface area is 223 Å². The van der Waals surface area contributed by atoms with Gasteiger partial charge in [-0.05, 0) is 56.9 Å². The van der Waals surface area contributed by atoms with E-state index in [9.17, 15) is 19.1 Å². The smallest absolute Gasteiger partial charge is 0.406 e. The number of fused-ring (bicyclic) bond motifs is 1. The highest BCUT2D eigenvalue weighted by Gasteiger charge is 2.31. The molecule has 11 nitrogen and oxygen atoms in total. The van der Waals surface area contributed by atoms with Gasteiger partial charge in [0, 0.05) is 18.8 Å². The molecule has 0 aliphatic heterocycles. The summed E-state index contributed by atoms with van der Waals surface area (Å²) in [6.07, 6.45) is 1.32. The van der Waals surface area contributed by atoms with Crippen molar-refractivity contribution in [1.29, 1.82) is 5.26 Å². The molecule has 3 aromatic heterocycles. The minimum atomic E-state index is -2.82. The summed E-state index contributed by atoms with van der Waals surface area (Å²) in [4.78, 5) is 29.1. The number of anilines is 1. The number of amides is 2. The third-order valence-corrected chi connectivity index (χ3v) is 6.47. The minimum absolute atomic E-state index is 0.0578. The molecule has 38 heavy (non-hydrogen) atoms. The molecule has 0 unspecified atom stereocenters. The monoisotopic (exact) mass is 526 g/mol. The van der Waals surface area contributed by atoms with Gasteiger partial charge in [0.1, 0.15) is 12.2 Å². The highest BCUT2D eigenvalue weighted by Crippen LogP contribution is 2.32. The zero-order valence-corrected chi connectivity index (χ0v) is 20.9. The van der Waals surface area contributed by atoms with Gasteiger partial charge in [0.15, 0.2) is 0 Å². The second-order valence-electron chi connectivity index (χ2n) is 9.81. The van der Waals surface area contributed by atoms with Gasteiger partial charge in [0.2, 0.25) is 0 Å². The maximum absolute atomic E-state index is 14.3. The van der Waals surface area contributed by atoms with E-state index in [0.29, 0.717) is 41.0 Å². The third kappa shape index (κ3) is 6.00. The SMILES string of the molecule is [2H]C([2H])([2H])OC(=O)NCC1CC(Nc2cc(-c3ccc4cc(C#N)cnn34)ncc2C(=O)NC[C@@H](F)C(C)(C)O)C1. The van der Waals surface area contributed by atoms with E-state index in [1.165, 1.54) is 26.2 Å². The first kappa shape index (κ1) is 22.9. The summed E-state index contributed by atoms with van der Waals surface area (Å²) in [5.41, 5.74) is 1.18. The van der Waals surface area contributed by atoms with Crippen LogP contribution in [0.3, 0.4) is 0 Å². The van der Waals surface area contributed by atoms with Crippen LogP contribution in [0.2, 0.25) is 0 Å². The second kappa shape index (κ2) is 11.0. The van der Waals surface area contributed by atoms with Crippen molar-refractivity contribution in [2.75, 3.05) is 25.4 Å². The number of carbonyl (C=O) groups excluding carboxylic acids is 2. The molecular formula is C26H30FN7O4. The number of hydrogen-bond acceptors (Lipinski definition) is 8. The number of nitriles is 1. The molecule has 4 rings (SSSR count). The van der Waals surface area contributed by atoms with E-state index in [-0.39, 0.29) is 24.1 Å². The van der Waals surface area contributed by atoms with Crippen LogP contribution in [0.15, 0.2) is 36.7 Å². The predicted molar refractivity (Wildman–Crippen MR) is 137 cm³/mol. The lowest BCUT2D eigenvalue weighted by Gasteiger charge is -2.37. The fourth-order valence-electron chi connectivity index (χ4n) is 4.18. The van der Waals surface area contributed by atoms with Crippen LogP contribution in [-0.2, 0) is 4.74 Å². The molecule has 0 radical (unpaired) electrons. The van der Waals surface area contributed by atoms with Crippen molar-refractivity contribution in [2.45, 2.75) is 44.5 Å². The molecule has 0 spiro atoms. The highest BCUT2D eigenvalue weighted by molar-refractivity contribution is 6.00. The summed E-state index contributed by atoms with van der Waals surface area (Å²) < 4.78 is 41.1. The zero-order chi connectivity index (χ0) is 29.9. The summed E-state index contributed by atoms with van der Waals surface area (Å²) in [5.74, 6) is -0.525. The zero-order valence-electron chi connectivity index (χ0n) is 23.9. The number of rotatable bonds is 9. The lowest BCUT2D eigenvalue weighted by Crippen LogP contribution is -2.43. The topological polar surface area (TPSA) is 154 Å². The molecule has 1 fully saturated rings. The van der Waals surface area contributed by atoms with Gasteiger partial charge in [-0.2, -0.15) is 10.4 Å². The fraction of sp³-hybridized carbons (Fsp3) is 0.423. The van der Waals surface area contributed by atoms with Gasteiger partial charge in [-0.3, -0.25) is 9.78 Å². The summed E-state index contributed by atoms with van der Waals surface area (Å²) in [6, 6.07) is 8.91. The minimum Gasteiger partial charge on any atom is -0.453 e. The van der Waals surface area contributed by atoms with Crippen molar-refractivity contribution >= 4 is 23.2 Å². The number of nitrogens with one attached hydrogen (secondary N) is 3. The number of halogens is 1. The Kier molecular flexibility index (Phi) is 6.65. The van der Waals surface area contributed by atoms with Gasteiger partial charge in [-0.15, -0.1) is 0 Å². The number of ether oxygens (including phenoxy) is 1. The molecule has 3 aromatic rings. The molecular weight excluding hydrogens is 493 g/mol. The standard InChI is InChI=1S/C26H30FN7O4/c1-26(2,37)23(27)14-30-24(35)19-13-29-21(22-5-4-18-8-16(10-28)12-32-34(18)22)9-20(19)33-17-6-15(7-17)11-31-25(36)38-3/h4-5,8-9,12-13,15,17,23,37H,6-7,11,14H2,1-3H3,(H,29,33)(H,30,35)(H,31,36)/t15?,17?,23-/m1/s1/i3D3. The van der Waals surface area contributed by atoms with E-state index in [0.717, 1.165) is 0 Å². The van der Waals surface area contributed by atoms with E-state index in [1.807, 2.05) is 6.07 Å². The van der Waals surface area contributed by atoms with E-state index < -0.39 is 37.4 Å². The van der Waals surface area contributed by atoms with E-state index in [4.69, 9.17) is 9.37 Å². The Hall–Kier alpha value is -4.24. The normalized spacial score (nSPS) is 19.2. The molecule has 200 valence electrons. The van der Waals surface area contributed by atoms with Gasteiger partial charge in [-0.25, -0.2) is 13.7 Å². The average Bonchev–Trinajstić information content (AvgIpc) is 3.29. The van der Waals surface area contributed by atoms with Gasteiger partial charge < -0.3 is 25.8 Å². The molecule has 1 aliphatic carbocycles. The molecule has 1 saturated carbocycles. The number of alkyl halides is 1. The lowest BCUT2D eigenvalue weighted by molar-refractivity contribution is -0.00177. The number of nitrogens with zero attached hydrogens (tertiary/aromatic N) is 4. The predicted octanol–water partition coefficient (Wildman–Crippen LogP) is 2.65. The molecule has 0 aromatic carbocycles. The maximum Gasteiger partial charge on any atom is 0.406 e. The molecule has 1 aliphatic rings.